The Balaban J connectivity index is 2.09. The van der Waals surface area contributed by atoms with Gasteiger partial charge in [0.1, 0.15) is 5.75 Å². The number of methoxy groups -OCH3 is 1. The van der Waals surface area contributed by atoms with Gasteiger partial charge in [0.15, 0.2) is 15.9 Å². The second-order valence-corrected chi connectivity index (χ2v) is 8.34. The molecule has 2 aromatic carbocycles. The van der Waals surface area contributed by atoms with Crippen molar-refractivity contribution < 1.29 is 27.9 Å². The summed E-state index contributed by atoms with van der Waals surface area (Å²) in [5.74, 6) is -1.54. The summed E-state index contributed by atoms with van der Waals surface area (Å²) < 4.78 is 28.9. The van der Waals surface area contributed by atoms with E-state index in [4.69, 9.17) is 4.74 Å². The molecular formula is C19H19NO6S. The Morgan fingerprint density at radius 1 is 1.19 bits per heavy atom. The number of ether oxygens (including phenoxy) is 1. The minimum atomic E-state index is -3.54. The average molecular weight is 389 g/mol. The van der Waals surface area contributed by atoms with Gasteiger partial charge in [-0.2, -0.15) is 0 Å². The summed E-state index contributed by atoms with van der Waals surface area (Å²) in [6.45, 7) is 0.207. The van der Waals surface area contributed by atoms with E-state index < -0.39 is 27.8 Å². The molecule has 1 aliphatic heterocycles. The number of carbonyl (C=O) groups is 2. The molecule has 1 atom stereocenters. The first-order chi connectivity index (χ1) is 12.7. The molecule has 1 heterocycles. The van der Waals surface area contributed by atoms with Crippen molar-refractivity contribution in [1.82, 2.24) is 4.90 Å². The van der Waals surface area contributed by atoms with Gasteiger partial charge in [0.2, 0.25) is 0 Å². The molecule has 0 fully saturated rings. The number of rotatable bonds is 4. The molecule has 0 aliphatic carbocycles. The fraction of sp³-hybridized carbons (Fsp3) is 0.263. The van der Waals surface area contributed by atoms with Crippen LogP contribution in [-0.4, -0.2) is 50.2 Å². The second kappa shape index (κ2) is 7.03. The number of carboxylic acid groups (broad SMARTS) is 1. The summed E-state index contributed by atoms with van der Waals surface area (Å²) in [5.41, 5.74) is 1.46. The summed E-state index contributed by atoms with van der Waals surface area (Å²) in [7, 11) is -2.17. The van der Waals surface area contributed by atoms with Crippen molar-refractivity contribution in [2.24, 2.45) is 0 Å². The Hall–Kier alpha value is -2.87. The topological polar surface area (TPSA) is 101 Å². The molecule has 0 spiro atoms. The third-order valence-corrected chi connectivity index (χ3v) is 5.72. The first kappa shape index (κ1) is 18.9. The number of carboxylic acids is 1. The molecule has 2 aromatic rings. The second-order valence-electron chi connectivity index (χ2n) is 6.32. The number of aliphatic carboxylic acids is 1. The number of fused-ring (bicyclic) bond motifs is 1. The van der Waals surface area contributed by atoms with Gasteiger partial charge in [0.05, 0.1) is 17.6 Å². The van der Waals surface area contributed by atoms with Crippen LogP contribution in [0.3, 0.4) is 0 Å². The average Bonchev–Trinajstić information content (AvgIpc) is 2.65. The highest BCUT2D eigenvalue weighted by Crippen LogP contribution is 2.33. The molecule has 1 N–H and O–H groups in total. The molecule has 0 saturated carbocycles. The molecule has 1 amide bonds. The van der Waals surface area contributed by atoms with Crippen LogP contribution in [0.15, 0.2) is 47.4 Å². The lowest BCUT2D eigenvalue weighted by Crippen LogP contribution is -2.43. The van der Waals surface area contributed by atoms with Crippen LogP contribution in [0.25, 0.3) is 0 Å². The van der Waals surface area contributed by atoms with Gasteiger partial charge >= 0.3 is 5.97 Å². The first-order valence-electron chi connectivity index (χ1n) is 8.23. The highest BCUT2D eigenvalue weighted by Gasteiger charge is 2.37. The Labute approximate surface area is 157 Å². The zero-order valence-electron chi connectivity index (χ0n) is 14.9. The molecule has 1 aliphatic rings. The van der Waals surface area contributed by atoms with E-state index in [9.17, 15) is 23.1 Å². The number of sulfone groups is 1. The van der Waals surface area contributed by atoms with Gasteiger partial charge in [-0.15, -0.1) is 0 Å². The first-order valence-corrected chi connectivity index (χ1v) is 10.1. The van der Waals surface area contributed by atoms with E-state index >= 15 is 0 Å². The molecule has 0 saturated heterocycles. The van der Waals surface area contributed by atoms with Crippen LogP contribution in [0, 0.1) is 0 Å². The van der Waals surface area contributed by atoms with E-state index in [1.807, 2.05) is 12.1 Å². The number of nitrogens with zero attached hydrogens (tertiary/aromatic N) is 1. The van der Waals surface area contributed by atoms with E-state index in [1.54, 1.807) is 12.1 Å². The summed E-state index contributed by atoms with van der Waals surface area (Å²) in [4.78, 5) is 26.3. The Bertz CT molecular complexity index is 1010. The molecule has 7 nitrogen and oxygen atoms in total. The predicted octanol–water partition coefficient (Wildman–Crippen LogP) is 1.92. The molecule has 1 unspecified atom stereocenters. The van der Waals surface area contributed by atoms with Gasteiger partial charge in [-0.05, 0) is 35.7 Å². The summed E-state index contributed by atoms with van der Waals surface area (Å²) in [6, 6.07) is 9.93. The van der Waals surface area contributed by atoms with Crippen molar-refractivity contribution in [2.75, 3.05) is 19.9 Å². The maximum absolute atomic E-state index is 13.2. The van der Waals surface area contributed by atoms with Crippen LogP contribution in [-0.2, 0) is 21.1 Å². The van der Waals surface area contributed by atoms with Crippen LogP contribution >= 0.6 is 0 Å². The fourth-order valence-corrected chi connectivity index (χ4v) is 3.94. The minimum Gasteiger partial charge on any atom is -0.496 e. The van der Waals surface area contributed by atoms with Gasteiger partial charge in [-0.1, -0.05) is 24.3 Å². The third kappa shape index (κ3) is 3.52. The van der Waals surface area contributed by atoms with Crippen molar-refractivity contribution in [3.63, 3.8) is 0 Å². The van der Waals surface area contributed by atoms with Crippen LogP contribution in [0.5, 0.6) is 5.75 Å². The van der Waals surface area contributed by atoms with E-state index in [-0.39, 0.29) is 22.8 Å². The smallest absolute Gasteiger partial charge is 0.331 e. The van der Waals surface area contributed by atoms with Crippen LogP contribution in [0.2, 0.25) is 0 Å². The molecule has 0 bridgehead atoms. The molecule has 0 aromatic heterocycles. The van der Waals surface area contributed by atoms with Crippen molar-refractivity contribution in [2.45, 2.75) is 17.4 Å². The predicted molar refractivity (Wildman–Crippen MR) is 97.7 cm³/mol. The van der Waals surface area contributed by atoms with Gasteiger partial charge in [0.25, 0.3) is 5.91 Å². The van der Waals surface area contributed by atoms with Gasteiger partial charge in [-0.25, -0.2) is 13.2 Å². The maximum Gasteiger partial charge on any atom is 0.331 e. The van der Waals surface area contributed by atoms with E-state index in [0.717, 1.165) is 11.8 Å². The fourth-order valence-electron chi connectivity index (χ4n) is 3.29. The highest BCUT2D eigenvalue weighted by molar-refractivity contribution is 7.90. The summed E-state index contributed by atoms with van der Waals surface area (Å²) in [6.07, 6.45) is 1.56. The van der Waals surface area contributed by atoms with Crippen molar-refractivity contribution >= 4 is 21.7 Å². The van der Waals surface area contributed by atoms with E-state index in [0.29, 0.717) is 12.0 Å². The molecule has 142 valence electrons. The lowest BCUT2D eigenvalue weighted by Gasteiger charge is -2.35. The maximum atomic E-state index is 13.2. The lowest BCUT2D eigenvalue weighted by atomic mass is 9.92. The molecule has 27 heavy (non-hydrogen) atoms. The number of amides is 1. The summed E-state index contributed by atoms with van der Waals surface area (Å²) >= 11 is 0. The SMILES string of the molecule is COc1ccc(S(C)(=O)=O)cc1C(=O)N1CCc2ccccc2C1C(=O)O. The molecule has 8 heteroatoms. The van der Waals surface area contributed by atoms with Crippen molar-refractivity contribution in [3.05, 3.63) is 59.2 Å². The standard InChI is InChI=1S/C19H19NO6S/c1-26-16-8-7-13(27(2,24)25)11-15(16)18(21)20-10-9-12-5-3-4-6-14(12)17(20)19(22)23/h3-8,11,17H,9-10H2,1-2H3,(H,22,23). The number of benzene rings is 2. The minimum absolute atomic E-state index is 0.0195. The number of carbonyl (C=O) groups excluding carboxylic acids is 1. The zero-order chi connectivity index (χ0) is 19.8. The Morgan fingerprint density at radius 3 is 2.52 bits per heavy atom. The normalized spacial score (nSPS) is 16.5. The summed E-state index contributed by atoms with van der Waals surface area (Å²) in [5, 5.41) is 9.74. The largest absolute Gasteiger partial charge is 0.496 e. The van der Waals surface area contributed by atoms with Crippen molar-refractivity contribution in [3.8, 4) is 5.75 Å². The van der Waals surface area contributed by atoms with Gasteiger partial charge < -0.3 is 14.7 Å². The van der Waals surface area contributed by atoms with Gasteiger partial charge in [-0.3, -0.25) is 4.79 Å². The molecule has 3 rings (SSSR count). The molecular weight excluding hydrogens is 370 g/mol. The van der Waals surface area contributed by atoms with Crippen LogP contribution in [0.1, 0.15) is 27.5 Å². The number of hydrogen-bond acceptors (Lipinski definition) is 5. The molecule has 0 radical (unpaired) electrons. The van der Waals surface area contributed by atoms with E-state index in [2.05, 4.69) is 0 Å². The van der Waals surface area contributed by atoms with Gasteiger partial charge in [0, 0.05) is 12.8 Å². The Morgan fingerprint density at radius 2 is 1.89 bits per heavy atom. The van der Waals surface area contributed by atoms with E-state index in [1.165, 1.54) is 30.2 Å². The number of hydrogen-bond donors (Lipinski definition) is 1. The third-order valence-electron chi connectivity index (χ3n) is 4.61. The van der Waals surface area contributed by atoms with Crippen molar-refractivity contribution in [1.29, 1.82) is 0 Å². The highest BCUT2D eigenvalue weighted by atomic mass is 32.2. The van der Waals surface area contributed by atoms with Crippen LogP contribution in [0.4, 0.5) is 0 Å². The lowest BCUT2D eigenvalue weighted by molar-refractivity contribution is -0.143. The Kier molecular flexibility index (Phi) is 4.93. The monoisotopic (exact) mass is 389 g/mol. The zero-order valence-corrected chi connectivity index (χ0v) is 15.7. The van der Waals surface area contributed by atoms with Crippen LogP contribution < -0.4 is 4.74 Å². The quantitative estimate of drug-likeness (QED) is 0.857.